The molecule has 0 radical (unpaired) electrons. The van der Waals surface area contributed by atoms with Gasteiger partial charge in [-0.2, -0.15) is 0 Å². The van der Waals surface area contributed by atoms with E-state index >= 15 is 0 Å². The number of nitrogens with one attached hydrogen (secondary N) is 3. The fraction of sp³-hybridized carbons (Fsp3) is 0.529. The lowest BCUT2D eigenvalue weighted by atomic mass is 9.88. The van der Waals surface area contributed by atoms with Crippen LogP contribution < -0.4 is 16.0 Å². The lowest BCUT2D eigenvalue weighted by Crippen LogP contribution is -2.30. The van der Waals surface area contributed by atoms with Crippen LogP contribution in [-0.2, 0) is 4.79 Å². The third-order valence-electron chi connectivity index (χ3n) is 4.37. The van der Waals surface area contributed by atoms with Crippen molar-refractivity contribution < 1.29 is 14.0 Å². The summed E-state index contributed by atoms with van der Waals surface area (Å²) in [5.41, 5.74) is 0.577. The molecule has 2 fully saturated rings. The molecule has 0 saturated heterocycles. The largest absolute Gasteiger partial charge is 0.335 e. The highest BCUT2D eigenvalue weighted by molar-refractivity contribution is 5.94. The van der Waals surface area contributed by atoms with E-state index in [2.05, 4.69) is 16.0 Å². The van der Waals surface area contributed by atoms with Crippen LogP contribution in [-0.4, -0.2) is 18.0 Å². The SMILES string of the molecule is O=C(Nc1ccc(F)c(NC(=O)C2CCCCC2)c1)NC1CC1. The van der Waals surface area contributed by atoms with Gasteiger partial charge in [0.2, 0.25) is 5.91 Å². The second-order valence-electron chi connectivity index (χ2n) is 6.39. The van der Waals surface area contributed by atoms with Gasteiger partial charge in [-0.05, 0) is 43.9 Å². The second-order valence-corrected chi connectivity index (χ2v) is 6.39. The fourth-order valence-corrected chi connectivity index (χ4v) is 2.88. The van der Waals surface area contributed by atoms with E-state index < -0.39 is 5.82 Å². The van der Waals surface area contributed by atoms with Crippen LogP contribution in [0.15, 0.2) is 18.2 Å². The van der Waals surface area contributed by atoms with Crippen molar-refractivity contribution in [1.29, 1.82) is 0 Å². The van der Waals surface area contributed by atoms with E-state index in [-0.39, 0.29) is 29.6 Å². The van der Waals surface area contributed by atoms with Crippen molar-refractivity contribution >= 4 is 23.3 Å². The Morgan fingerprint density at radius 3 is 2.43 bits per heavy atom. The summed E-state index contributed by atoms with van der Waals surface area (Å²) in [6.07, 6.45) is 6.96. The Labute approximate surface area is 135 Å². The van der Waals surface area contributed by atoms with E-state index in [0.717, 1.165) is 44.9 Å². The van der Waals surface area contributed by atoms with E-state index in [4.69, 9.17) is 0 Å². The molecule has 3 N–H and O–H groups in total. The van der Waals surface area contributed by atoms with Crippen molar-refractivity contribution in [3.05, 3.63) is 24.0 Å². The molecule has 124 valence electrons. The molecule has 2 aliphatic rings. The van der Waals surface area contributed by atoms with Crippen LogP contribution in [0.2, 0.25) is 0 Å². The molecule has 0 aromatic heterocycles. The molecule has 6 heteroatoms. The number of rotatable bonds is 4. The van der Waals surface area contributed by atoms with Gasteiger partial charge in [0, 0.05) is 17.6 Å². The molecule has 0 unspecified atom stereocenters. The highest BCUT2D eigenvalue weighted by Crippen LogP contribution is 2.26. The standard InChI is InChI=1S/C17H22FN3O2/c18-14-9-8-13(20-17(23)19-12-6-7-12)10-15(14)21-16(22)11-4-2-1-3-5-11/h8-12H,1-7H2,(H,21,22)(H2,19,20,23). The Bertz CT molecular complexity index is 596. The molecule has 5 nitrogen and oxygen atoms in total. The first-order valence-corrected chi connectivity index (χ1v) is 8.30. The molecular formula is C17H22FN3O2. The summed E-state index contributed by atoms with van der Waals surface area (Å²) in [5.74, 6) is -0.677. The average Bonchev–Trinajstić information content (AvgIpc) is 3.35. The molecule has 3 amide bonds. The molecule has 3 rings (SSSR count). The maximum absolute atomic E-state index is 13.9. The summed E-state index contributed by atoms with van der Waals surface area (Å²) in [4.78, 5) is 24.0. The van der Waals surface area contributed by atoms with E-state index in [0.29, 0.717) is 5.69 Å². The summed E-state index contributed by atoms with van der Waals surface area (Å²) in [7, 11) is 0. The molecule has 2 saturated carbocycles. The van der Waals surface area contributed by atoms with E-state index in [9.17, 15) is 14.0 Å². The predicted octanol–water partition coefficient (Wildman–Crippen LogP) is 3.63. The summed E-state index contributed by atoms with van der Waals surface area (Å²) >= 11 is 0. The van der Waals surface area contributed by atoms with Crippen molar-refractivity contribution in [3.63, 3.8) is 0 Å². The van der Waals surface area contributed by atoms with Crippen molar-refractivity contribution in [2.45, 2.75) is 51.0 Å². The molecule has 0 heterocycles. The third-order valence-corrected chi connectivity index (χ3v) is 4.37. The number of halogens is 1. The Kier molecular flexibility index (Phi) is 4.79. The van der Waals surface area contributed by atoms with Crippen LogP contribution in [0.3, 0.4) is 0 Å². The molecule has 0 aliphatic heterocycles. The lowest BCUT2D eigenvalue weighted by molar-refractivity contribution is -0.120. The van der Waals surface area contributed by atoms with Crippen molar-refractivity contribution in [3.8, 4) is 0 Å². The summed E-state index contributed by atoms with van der Waals surface area (Å²) in [5, 5.41) is 8.12. The summed E-state index contributed by atoms with van der Waals surface area (Å²) in [6.45, 7) is 0. The molecule has 1 aromatic carbocycles. The van der Waals surface area contributed by atoms with Gasteiger partial charge < -0.3 is 16.0 Å². The number of urea groups is 1. The van der Waals surface area contributed by atoms with Crippen molar-refractivity contribution in [2.75, 3.05) is 10.6 Å². The normalized spacial score (nSPS) is 18.3. The van der Waals surface area contributed by atoms with Gasteiger partial charge in [0.15, 0.2) is 0 Å². The zero-order valence-electron chi connectivity index (χ0n) is 13.0. The number of hydrogen-bond acceptors (Lipinski definition) is 2. The van der Waals surface area contributed by atoms with Gasteiger partial charge in [-0.3, -0.25) is 4.79 Å². The predicted molar refractivity (Wildman–Crippen MR) is 86.8 cm³/mol. The fourth-order valence-electron chi connectivity index (χ4n) is 2.88. The smallest absolute Gasteiger partial charge is 0.319 e. The minimum absolute atomic E-state index is 0.0436. The van der Waals surface area contributed by atoms with Gasteiger partial charge in [-0.15, -0.1) is 0 Å². The van der Waals surface area contributed by atoms with E-state index in [1.54, 1.807) is 0 Å². The first kappa shape index (κ1) is 15.8. The second kappa shape index (κ2) is 6.98. The average molecular weight is 319 g/mol. The minimum atomic E-state index is -0.498. The zero-order valence-corrected chi connectivity index (χ0v) is 13.0. The first-order chi connectivity index (χ1) is 11.1. The molecule has 0 atom stereocenters. The minimum Gasteiger partial charge on any atom is -0.335 e. The van der Waals surface area contributed by atoms with Gasteiger partial charge in [0.1, 0.15) is 5.82 Å². The molecule has 0 spiro atoms. The lowest BCUT2D eigenvalue weighted by Gasteiger charge is -2.21. The quantitative estimate of drug-likeness (QED) is 0.793. The number of benzene rings is 1. The van der Waals surface area contributed by atoms with Gasteiger partial charge in [-0.1, -0.05) is 19.3 Å². The van der Waals surface area contributed by atoms with Crippen LogP contribution in [0.25, 0.3) is 0 Å². The van der Waals surface area contributed by atoms with Crippen molar-refractivity contribution in [2.24, 2.45) is 5.92 Å². The number of anilines is 2. The van der Waals surface area contributed by atoms with Crippen LogP contribution in [0.1, 0.15) is 44.9 Å². The first-order valence-electron chi connectivity index (χ1n) is 8.30. The number of hydrogen-bond donors (Lipinski definition) is 3. The van der Waals surface area contributed by atoms with Gasteiger partial charge in [-0.25, -0.2) is 9.18 Å². The van der Waals surface area contributed by atoms with Crippen LogP contribution in [0.4, 0.5) is 20.6 Å². The third kappa shape index (κ3) is 4.43. The Morgan fingerprint density at radius 2 is 1.74 bits per heavy atom. The van der Waals surface area contributed by atoms with Crippen LogP contribution in [0, 0.1) is 11.7 Å². The Balaban J connectivity index is 1.62. The molecular weight excluding hydrogens is 297 g/mol. The number of carbonyl (C=O) groups excluding carboxylic acids is 2. The number of amides is 3. The monoisotopic (exact) mass is 319 g/mol. The van der Waals surface area contributed by atoms with Crippen LogP contribution in [0.5, 0.6) is 0 Å². The van der Waals surface area contributed by atoms with E-state index in [1.807, 2.05) is 0 Å². The Hall–Kier alpha value is -2.11. The van der Waals surface area contributed by atoms with Crippen LogP contribution >= 0.6 is 0 Å². The summed E-state index contributed by atoms with van der Waals surface area (Å²) < 4.78 is 13.9. The summed E-state index contributed by atoms with van der Waals surface area (Å²) in [6, 6.07) is 4.15. The zero-order chi connectivity index (χ0) is 16.2. The highest BCUT2D eigenvalue weighted by Gasteiger charge is 2.24. The molecule has 0 bridgehead atoms. The molecule has 23 heavy (non-hydrogen) atoms. The van der Waals surface area contributed by atoms with Crippen molar-refractivity contribution in [1.82, 2.24) is 5.32 Å². The maximum atomic E-state index is 13.9. The highest BCUT2D eigenvalue weighted by atomic mass is 19.1. The Morgan fingerprint density at radius 1 is 1.00 bits per heavy atom. The number of carbonyl (C=O) groups is 2. The topological polar surface area (TPSA) is 70.2 Å². The van der Waals surface area contributed by atoms with E-state index in [1.165, 1.54) is 18.2 Å². The maximum Gasteiger partial charge on any atom is 0.319 e. The molecule has 2 aliphatic carbocycles. The van der Waals surface area contributed by atoms with Gasteiger partial charge in [0.05, 0.1) is 5.69 Å². The molecule has 1 aromatic rings. The van der Waals surface area contributed by atoms with Gasteiger partial charge in [0.25, 0.3) is 0 Å². The van der Waals surface area contributed by atoms with Gasteiger partial charge >= 0.3 is 6.03 Å².